The van der Waals surface area contributed by atoms with Gasteiger partial charge < -0.3 is 9.47 Å². The van der Waals surface area contributed by atoms with Gasteiger partial charge in [0.2, 0.25) is 0 Å². The van der Waals surface area contributed by atoms with Crippen molar-refractivity contribution in [2.75, 3.05) is 7.11 Å². The normalized spacial score (nSPS) is 30.9. The topological polar surface area (TPSA) is 52.6 Å². The van der Waals surface area contributed by atoms with Crippen molar-refractivity contribution in [3.63, 3.8) is 0 Å². The molecule has 28 heavy (non-hydrogen) atoms. The third kappa shape index (κ3) is 4.00. The number of allylic oxidation sites excluding steroid dienone is 1. The Morgan fingerprint density at radius 1 is 1.32 bits per heavy atom. The largest absolute Gasteiger partial charge is 0.469 e. The minimum absolute atomic E-state index is 0.0413. The monoisotopic (exact) mass is 402 g/mol. The molecule has 0 heterocycles. The molecule has 0 saturated heterocycles. The van der Waals surface area contributed by atoms with E-state index < -0.39 is 0 Å². The van der Waals surface area contributed by atoms with Crippen molar-refractivity contribution >= 4 is 24.2 Å². The van der Waals surface area contributed by atoms with Crippen molar-refractivity contribution in [2.45, 2.75) is 62.7 Å². The van der Waals surface area contributed by atoms with Gasteiger partial charge in [0.15, 0.2) is 0 Å². The van der Waals surface area contributed by atoms with E-state index in [9.17, 15) is 9.59 Å². The molecule has 1 fully saturated rings. The molecule has 1 aromatic rings. The summed E-state index contributed by atoms with van der Waals surface area (Å²) in [6, 6.07) is 10.4. The van der Waals surface area contributed by atoms with Crippen molar-refractivity contribution in [3.05, 3.63) is 41.5 Å². The quantitative estimate of drug-likeness (QED) is 0.380. The third-order valence-electron chi connectivity index (χ3n) is 6.81. The average Bonchev–Trinajstić information content (AvgIpc) is 2.71. The van der Waals surface area contributed by atoms with Crippen LogP contribution in [0.15, 0.2) is 46.4 Å². The number of hydrogen-bond donors (Lipinski definition) is 0. The first kappa shape index (κ1) is 21.0. The number of benzene rings is 1. The van der Waals surface area contributed by atoms with Crippen LogP contribution in [0.5, 0.6) is 0 Å². The maximum absolute atomic E-state index is 12.1. The fraction of sp³-hybridized carbons (Fsp3) is 0.565. The fourth-order valence-electron chi connectivity index (χ4n) is 4.90. The Balaban J connectivity index is 1.91. The van der Waals surface area contributed by atoms with Crippen LogP contribution in [0.4, 0.5) is 0 Å². The molecule has 3 rings (SSSR count). The number of esters is 1. The highest BCUT2D eigenvalue weighted by molar-refractivity contribution is 8.00. The summed E-state index contributed by atoms with van der Waals surface area (Å²) in [6.07, 6.45) is 3.54. The SMILES string of the molecule is COC(=O)[C@@H](C)[C@@H]1CC[C@]2(C)C(=C(C)[C@H](OC=O)C[C@H]2Sc2ccccc2)C1. The number of carbonyl (C=O) groups excluding carboxylic acids is 2. The van der Waals surface area contributed by atoms with E-state index >= 15 is 0 Å². The van der Waals surface area contributed by atoms with Crippen molar-refractivity contribution in [1.29, 1.82) is 0 Å². The maximum atomic E-state index is 12.1. The van der Waals surface area contributed by atoms with Gasteiger partial charge in [-0.25, -0.2) is 0 Å². The Kier molecular flexibility index (Phi) is 6.54. The molecule has 0 radical (unpaired) electrons. The summed E-state index contributed by atoms with van der Waals surface area (Å²) in [5.74, 6) is 0.00356. The van der Waals surface area contributed by atoms with Gasteiger partial charge in [0, 0.05) is 22.0 Å². The van der Waals surface area contributed by atoms with E-state index in [2.05, 4.69) is 38.1 Å². The fourth-order valence-corrected chi connectivity index (χ4v) is 6.33. The van der Waals surface area contributed by atoms with Gasteiger partial charge in [0.1, 0.15) is 6.10 Å². The van der Waals surface area contributed by atoms with Gasteiger partial charge in [0.25, 0.3) is 6.47 Å². The highest BCUT2D eigenvalue weighted by Crippen LogP contribution is 2.57. The van der Waals surface area contributed by atoms with Crippen LogP contribution in [-0.4, -0.2) is 30.9 Å². The first-order valence-electron chi connectivity index (χ1n) is 9.99. The molecule has 4 nitrogen and oxygen atoms in total. The Morgan fingerprint density at radius 3 is 2.68 bits per heavy atom. The van der Waals surface area contributed by atoms with Gasteiger partial charge in [-0.05, 0) is 49.8 Å². The summed E-state index contributed by atoms with van der Waals surface area (Å²) >= 11 is 1.88. The van der Waals surface area contributed by atoms with Gasteiger partial charge >= 0.3 is 5.97 Å². The minimum Gasteiger partial charge on any atom is -0.469 e. The molecule has 0 N–H and O–H groups in total. The van der Waals surface area contributed by atoms with Crippen molar-refractivity contribution in [3.8, 4) is 0 Å². The lowest BCUT2D eigenvalue weighted by molar-refractivity contribution is -0.147. The summed E-state index contributed by atoms with van der Waals surface area (Å²) in [6.45, 7) is 6.98. The zero-order valence-corrected chi connectivity index (χ0v) is 18.0. The van der Waals surface area contributed by atoms with Gasteiger partial charge in [-0.2, -0.15) is 0 Å². The molecular formula is C23H30O4S. The summed E-state index contributed by atoms with van der Waals surface area (Å²) in [7, 11) is 1.46. The second-order valence-electron chi connectivity index (χ2n) is 8.27. The van der Waals surface area contributed by atoms with Crippen LogP contribution in [0.1, 0.15) is 46.5 Å². The van der Waals surface area contributed by atoms with E-state index in [1.807, 2.05) is 24.8 Å². The average molecular weight is 403 g/mol. The zero-order chi connectivity index (χ0) is 20.3. The number of methoxy groups -OCH3 is 1. The Morgan fingerprint density at radius 2 is 2.04 bits per heavy atom. The number of hydrogen-bond acceptors (Lipinski definition) is 5. The molecule has 0 aromatic heterocycles. The molecule has 0 bridgehead atoms. The maximum Gasteiger partial charge on any atom is 0.308 e. The number of ether oxygens (including phenoxy) is 2. The van der Waals surface area contributed by atoms with Crippen molar-refractivity contribution in [2.24, 2.45) is 17.3 Å². The number of rotatable bonds is 6. The molecule has 2 aliphatic rings. The van der Waals surface area contributed by atoms with Crippen LogP contribution >= 0.6 is 11.8 Å². The molecule has 5 atom stereocenters. The lowest BCUT2D eigenvalue weighted by Crippen LogP contribution is -2.45. The van der Waals surface area contributed by atoms with Gasteiger partial charge in [-0.3, -0.25) is 9.59 Å². The molecule has 0 unspecified atom stereocenters. The molecular weight excluding hydrogens is 372 g/mol. The Hall–Kier alpha value is -1.75. The van der Waals surface area contributed by atoms with E-state index in [1.54, 1.807) is 0 Å². The zero-order valence-electron chi connectivity index (χ0n) is 17.1. The Labute approximate surface area is 172 Å². The number of thioether (sulfide) groups is 1. The third-order valence-corrected chi connectivity index (χ3v) is 8.35. The Bertz CT molecular complexity index is 744. The van der Waals surface area contributed by atoms with Crippen LogP contribution < -0.4 is 0 Å². The molecule has 152 valence electrons. The molecule has 1 aromatic carbocycles. The van der Waals surface area contributed by atoms with E-state index in [1.165, 1.54) is 23.2 Å². The van der Waals surface area contributed by atoms with Crippen molar-refractivity contribution < 1.29 is 19.1 Å². The highest BCUT2D eigenvalue weighted by Gasteiger charge is 2.49. The van der Waals surface area contributed by atoms with Crippen LogP contribution in [0.2, 0.25) is 0 Å². The highest BCUT2D eigenvalue weighted by atomic mass is 32.2. The second-order valence-corrected chi connectivity index (χ2v) is 9.55. The van der Waals surface area contributed by atoms with Crippen molar-refractivity contribution in [1.82, 2.24) is 0 Å². The second kappa shape index (κ2) is 8.73. The molecule has 2 aliphatic carbocycles. The lowest BCUT2D eigenvalue weighted by Gasteiger charge is -2.51. The predicted octanol–water partition coefficient (Wildman–Crippen LogP) is 5.02. The van der Waals surface area contributed by atoms with E-state index in [-0.39, 0.29) is 29.3 Å². The van der Waals surface area contributed by atoms with Gasteiger partial charge in [-0.1, -0.05) is 37.6 Å². The van der Waals surface area contributed by atoms with Crippen LogP contribution in [0.25, 0.3) is 0 Å². The molecule has 1 saturated carbocycles. The first-order valence-corrected chi connectivity index (χ1v) is 10.9. The molecule has 5 heteroatoms. The van der Waals surface area contributed by atoms with Crippen LogP contribution in [0.3, 0.4) is 0 Å². The number of fused-ring (bicyclic) bond motifs is 1. The molecule has 0 aliphatic heterocycles. The summed E-state index contributed by atoms with van der Waals surface area (Å²) < 4.78 is 10.5. The van der Waals surface area contributed by atoms with Crippen LogP contribution in [-0.2, 0) is 19.1 Å². The first-order chi connectivity index (χ1) is 13.4. The van der Waals surface area contributed by atoms with E-state index in [4.69, 9.17) is 9.47 Å². The predicted molar refractivity (Wildman–Crippen MR) is 111 cm³/mol. The summed E-state index contributed by atoms with van der Waals surface area (Å²) in [5, 5.41) is 0.327. The number of carbonyl (C=O) groups is 2. The van der Waals surface area contributed by atoms with E-state index in [0.717, 1.165) is 25.7 Å². The smallest absolute Gasteiger partial charge is 0.308 e. The lowest BCUT2D eigenvalue weighted by atomic mass is 9.59. The molecule has 0 spiro atoms. The standard InChI is InChI=1S/C23H30O4S/c1-15(22(25)26-4)17-10-11-23(3)19(12-17)16(2)20(27-14-24)13-21(23)28-18-8-6-5-7-9-18/h5-9,14-15,17,20-21H,10-13H2,1-4H3/t15-,17+,20+,21+,23+/m0/s1. The minimum atomic E-state index is -0.186. The molecule has 0 amide bonds. The summed E-state index contributed by atoms with van der Waals surface area (Å²) in [5.41, 5.74) is 2.58. The van der Waals surface area contributed by atoms with Gasteiger partial charge in [0.05, 0.1) is 13.0 Å². The van der Waals surface area contributed by atoms with E-state index in [0.29, 0.717) is 11.7 Å². The van der Waals surface area contributed by atoms with Gasteiger partial charge in [-0.15, -0.1) is 11.8 Å². The van der Waals surface area contributed by atoms with Crippen LogP contribution in [0, 0.1) is 17.3 Å². The summed E-state index contributed by atoms with van der Waals surface area (Å²) in [4.78, 5) is 24.4.